The maximum absolute atomic E-state index is 11.9. The molecule has 1 aliphatic rings. The molecular formula is C18H21NO3. The first-order valence-corrected chi connectivity index (χ1v) is 7.69. The van der Waals surface area contributed by atoms with Crippen LogP contribution in [0.5, 0.6) is 5.75 Å². The third-order valence-electron chi connectivity index (χ3n) is 4.04. The van der Waals surface area contributed by atoms with Crippen molar-refractivity contribution in [1.82, 2.24) is 5.32 Å². The van der Waals surface area contributed by atoms with Gasteiger partial charge in [0.15, 0.2) is 0 Å². The molecule has 22 heavy (non-hydrogen) atoms. The molecule has 1 N–H and O–H groups in total. The van der Waals surface area contributed by atoms with Gasteiger partial charge in [0.1, 0.15) is 5.75 Å². The maximum Gasteiger partial charge on any atom is 0.222 e. The van der Waals surface area contributed by atoms with Crippen LogP contribution in [0.25, 0.3) is 10.8 Å². The first-order chi connectivity index (χ1) is 10.7. The molecule has 116 valence electrons. The fourth-order valence-corrected chi connectivity index (χ4v) is 2.80. The molecule has 0 aromatic heterocycles. The lowest BCUT2D eigenvalue weighted by Gasteiger charge is -2.10. The van der Waals surface area contributed by atoms with Gasteiger partial charge in [-0.25, -0.2) is 0 Å². The van der Waals surface area contributed by atoms with Crippen molar-refractivity contribution in [1.29, 1.82) is 0 Å². The average molecular weight is 299 g/mol. The van der Waals surface area contributed by atoms with Gasteiger partial charge in [-0.2, -0.15) is 0 Å². The standard InChI is InChI=1S/C18H21NO3/c1-21-16-7-6-14-9-13(4-5-15(14)10-16)12-19-18(20)11-17-3-2-8-22-17/h4-7,9-10,17H,2-3,8,11-12H2,1H3,(H,19,20)/t17-/m0/s1. The molecule has 2 aromatic carbocycles. The molecule has 0 aliphatic carbocycles. The zero-order chi connectivity index (χ0) is 15.4. The van der Waals surface area contributed by atoms with E-state index in [0.29, 0.717) is 13.0 Å². The predicted octanol–water partition coefficient (Wildman–Crippen LogP) is 3.03. The molecule has 0 saturated carbocycles. The van der Waals surface area contributed by atoms with Gasteiger partial charge in [-0.1, -0.05) is 18.2 Å². The van der Waals surface area contributed by atoms with E-state index in [1.165, 1.54) is 0 Å². The summed E-state index contributed by atoms with van der Waals surface area (Å²) in [4.78, 5) is 11.9. The fourth-order valence-electron chi connectivity index (χ4n) is 2.80. The molecule has 1 saturated heterocycles. The van der Waals surface area contributed by atoms with Gasteiger partial charge >= 0.3 is 0 Å². The topological polar surface area (TPSA) is 47.6 Å². The average Bonchev–Trinajstić information content (AvgIpc) is 3.05. The van der Waals surface area contributed by atoms with Crippen LogP contribution in [0.1, 0.15) is 24.8 Å². The van der Waals surface area contributed by atoms with Crippen molar-refractivity contribution >= 4 is 16.7 Å². The van der Waals surface area contributed by atoms with Crippen molar-refractivity contribution < 1.29 is 14.3 Å². The fraction of sp³-hybridized carbons (Fsp3) is 0.389. The van der Waals surface area contributed by atoms with Gasteiger partial charge < -0.3 is 14.8 Å². The van der Waals surface area contributed by atoms with E-state index in [1.807, 2.05) is 24.3 Å². The number of benzene rings is 2. The van der Waals surface area contributed by atoms with E-state index < -0.39 is 0 Å². The molecule has 1 heterocycles. The molecule has 1 atom stereocenters. The zero-order valence-electron chi connectivity index (χ0n) is 12.8. The van der Waals surface area contributed by atoms with Crippen molar-refractivity contribution in [2.45, 2.75) is 31.9 Å². The van der Waals surface area contributed by atoms with Crippen molar-refractivity contribution in [2.75, 3.05) is 13.7 Å². The monoisotopic (exact) mass is 299 g/mol. The highest BCUT2D eigenvalue weighted by Crippen LogP contribution is 2.22. The van der Waals surface area contributed by atoms with Crippen LogP contribution >= 0.6 is 0 Å². The number of hydrogen-bond acceptors (Lipinski definition) is 3. The lowest BCUT2D eigenvalue weighted by Crippen LogP contribution is -2.26. The predicted molar refractivity (Wildman–Crippen MR) is 85.9 cm³/mol. The van der Waals surface area contributed by atoms with Crippen LogP contribution in [0.15, 0.2) is 36.4 Å². The summed E-state index contributed by atoms with van der Waals surface area (Å²) in [6.45, 7) is 1.33. The second kappa shape index (κ2) is 6.79. The second-order valence-electron chi connectivity index (χ2n) is 5.66. The van der Waals surface area contributed by atoms with E-state index in [4.69, 9.17) is 9.47 Å². The van der Waals surface area contributed by atoms with Gasteiger partial charge in [0, 0.05) is 13.2 Å². The summed E-state index contributed by atoms with van der Waals surface area (Å²) < 4.78 is 10.7. The van der Waals surface area contributed by atoms with E-state index in [9.17, 15) is 4.79 Å². The summed E-state index contributed by atoms with van der Waals surface area (Å²) in [5.74, 6) is 0.909. The van der Waals surface area contributed by atoms with E-state index in [0.717, 1.165) is 41.5 Å². The highest BCUT2D eigenvalue weighted by Gasteiger charge is 2.18. The minimum atomic E-state index is 0.0572. The van der Waals surface area contributed by atoms with Crippen LogP contribution in [-0.2, 0) is 16.1 Å². The largest absolute Gasteiger partial charge is 0.497 e. The molecule has 4 nitrogen and oxygen atoms in total. The Hall–Kier alpha value is -2.07. The Kier molecular flexibility index (Phi) is 4.59. The van der Waals surface area contributed by atoms with Crippen LogP contribution in [-0.4, -0.2) is 25.7 Å². The molecule has 0 spiro atoms. The quantitative estimate of drug-likeness (QED) is 0.923. The Morgan fingerprint density at radius 2 is 2.09 bits per heavy atom. The molecule has 0 radical (unpaired) electrons. The molecule has 0 unspecified atom stereocenters. The highest BCUT2D eigenvalue weighted by atomic mass is 16.5. The maximum atomic E-state index is 11.9. The Morgan fingerprint density at radius 3 is 2.86 bits per heavy atom. The van der Waals surface area contributed by atoms with Gasteiger partial charge in [0.25, 0.3) is 0 Å². The minimum Gasteiger partial charge on any atom is -0.497 e. The van der Waals surface area contributed by atoms with E-state index in [1.54, 1.807) is 7.11 Å². The molecule has 4 heteroatoms. The molecule has 1 aliphatic heterocycles. The Balaban J connectivity index is 1.60. The van der Waals surface area contributed by atoms with E-state index >= 15 is 0 Å². The van der Waals surface area contributed by atoms with Gasteiger partial charge in [0.2, 0.25) is 5.91 Å². The Labute approximate surface area is 130 Å². The first kappa shape index (κ1) is 14.9. The number of ether oxygens (including phenoxy) is 2. The Morgan fingerprint density at radius 1 is 1.27 bits per heavy atom. The minimum absolute atomic E-state index is 0.0572. The lowest BCUT2D eigenvalue weighted by atomic mass is 10.1. The smallest absolute Gasteiger partial charge is 0.222 e. The van der Waals surface area contributed by atoms with Crippen molar-refractivity contribution in [2.24, 2.45) is 0 Å². The van der Waals surface area contributed by atoms with Crippen LogP contribution < -0.4 is 10.1 Å². The van der Waals surface area contributed by atoms with E-state index in [-0.39, 0.29) is 12.0 Å². The first-order valence-electron chi connectivity index (χ1n) is 7.69. The van der Waals surface area contributed by atoms with Gasteiger partial charge in [-0.3, -0.25) is 4.79 Å². The number of hydrogen-bond donors (Lipinski definition) is 1. The third-order valence-corrected chi connectivity index (χ3v) is 4.04. The number of methoxy groups -OCH3 is 1. The van der Waals surface area contributed by atoms with Gasteiger partial charge in [-0.05, 0) is 47.4 Å². The summed E-state index contributed by atoms with van der Waals surface area (Å²) in [5.41, 5.74) is 1.10. The molecule has 1 amide bonds. The number of amides is 1. The van der Waals surface area contributed by atoms with Crippen molar-refractivity contribution in [3.63, 3.8) is 0 Å². The lowest BCUT2D eigenvalue weighted by molar-refractivity contribution is -0.123. The molecule has 1 fully saturated rings. The van der Waals surface area contributed by atoms with Crippen LogP contribution in [0.2, 0.25) is 0 Å². The van der Waals surface area contributed by atoms with Crippen molar-refractivity contribution in [3.05, 3.63) is 42.0 Å². The normalized spacial score (nSPS) is 17.6. The Bertz CT molecular complexity index is 662. The zero-order valence-corrected chi connectivity index (χ0v) is 12.8. The molecule has 0 bridgehead atoms. The SMILES string of the molecule is COc1ccc2cc(CNC(=O)C[C@@H]3CCCO3)ccc2c1. The summed E-state index contributed by atoms with van der Waals surface area (Å²) >= 11 is 0. The van der Waals surface area contributed by atoms with Crippen LogP contribution in [0, 0.1) is 0 Å². The summed E-state index contributed by atoms with van der Waals surface area (Å²) in [6.07, 6.45) is 2.62. The van der Waals surface area contributed by atoms with Gasteiger partial charge in [0.05, 0.1) is 19.6 Å². The number of rotatable bonds is 5. The molecule has 2 aromatic rings. The summed E-state index contributed by atoms with van der Waals surface area (Å²) in [6, 6.07) is 12.2. The van der Waals surface area contributed by atoms with Gasteiger partial charge in [-0.15, -0.1) is 0 Å². The molecule has 3 rings (SSSR count). The number of carbonyl (C=O) groups excluding carboxylic acids is 1. The van der Waals surface area contributed by atoms with Crippen LogP contribution in [0.3, 0.4) is 0 Å². The third kappa shape index (κ3) is 3.57. The highest BCUT2D eigenvalue weighted by molar-refractivity contribution is 5.84. The van der Waals surface area contributed by atoms with Crippen molar-refractivity contribution in [3.8, 4) is 5.75 Å². The van der Waals surface area contributed by atoms with Crippen LogP contribution in [0.4, 0.5) is 0 Å². The second-order valence-corrected chi connectivity index (χ2v) is 5.66. The summed E-state index contributed by atoms with van der Waals surface area (Å²) in [5, 5.41) is 5.25. The number of fused-ring (bicyclic) bond motifs is 1. The molecular weight excluding hydrogens is 278 g/mol. The number of carbonyl (C=O) groups is 1. The van der Waals surface area contributed by atoms with E-state index in [2.05, 4.69) is 17.4 Å². The number of nitrogens with one attached hydrogen (secondary N) is 1. The summed E-state index contributed by atoms with van der Waals surface area (Å²) in [7, 11) is 1.67.